The summed E-state index contributed by atoms with van der Waals surface area (Å²) in [4.78, 5) is 2.12. The molecule has 2 rings (SSSR count). The van der Waals surface area contributed by atoms with Crippen LogP contribution in [0.3, 0.4) is 0 Å². The van der Waals surface area contributed by atoms with Crippen LogP contribution in [0, 0.1) is 11.3 Å². The van der Waals surface area contributed by atoms with Gasteiger partial charge in [-0.15, -0.1) is 0 Å². The molecule has 1 unspecified atom stereocenters. The van der Waals surface area contributed by atoms with Crippen LogP contribution in [0.2, 0.25) is 0 Å². The van der Waals surface area contributed by atoms with Crippen LogP contribution in [-0.2, 0) is 11.3 Å². The van der Waals surface area contributed by atoms with Crippen LogP contribution in [-0.4, -0.2) is 44.1 Å². The molecule has 0 saturated carbocycles. The molecular weight excluding hydrogens is 266 g/mol. The van der Waals surface area contributed by atoms with Crippen molar-refractivity contribution in [1.29, 1.82) is 5.26 Å². The van der Waals surface area contributed by atoms with E-state index in [2.05, 4.69) is 29.3 Å². The standard InChI is InChI=1S/C16H23N3O2/c1-2-5-18-10-13-3-4-16(14(8-13)9-17)19-6-7-21-15(11-19)12-20/h3-4,8,15,18,20H,2,5-7,10-12H2,1H3. The highest BCUT2D eigenvalue weighted by molar-refractivity contribution is 5.60. The van der Waals surface area contributed by atoms with Gasteiger partial charge in [-0.2, -0.15) is 5.26 Å². The summed E-state index contributed by atoms with van der Waals surface area (Å²) < 4.78 is 5.46. The van der Waals surface area contributed by atoms with Crippen molar-refractivity contribution in [3.05, 3.63) is 29.3 Å². The van der Waals surface area contributed by atoms with Crippen LogP contribution >= 0.6 is 0 Å². The number of aliphatic hydroxyl groups is 1. The van der Waals surface area contributed by atoms with Crippen molar-refractivity contribution < 1.29 is 9.84 Å². The van der Waals surface area contributed by atoms with Gasteiger partial charge < -0.3 is 20.1 Å². The molecule has 1 heterocycles. The summed E-state index contributed by atoms with van der Waals surface area (Å²) in [6.45, 7) is 5.85. The van der Waals surface area contributed by atoms with Gasteiger partial charge in [0.1, 0.15) is 6.07 Å². The lowest BCUT2D eigenvalue weighted by Crippen LogP contribution is -2.44. The summed E-state index contributed by atoms with van der Waals surface area (Å²) in [6.07, 6.45) is 0.927. The molecule has 5 heteroatoms. The summed E-state index contributed by atoms with van der Waals surface area (Å²) in [5.41, 5.74) is 2.73. The average Bonchev–Trinajstić information content (AvgIpc) is 2.55. The largest absolute Gasteiger partial charge is 0.394 e. The molecular formula is C16H23N3O2. The van der Waals surface area contributed by atoms with E-state index in [1.165, 1.54) is 0 Å². The van der Waals surface area contributed by atoms with Gasteiger partial charge in [0, 0.05) is 19.6 Å². The van der Waals surface area contributed by atoms with Crippen molar-refractivity contribution in [3.63, 3.8) is 0 Å². The molecule has 0 radical (unpaired) electrons. The second-order valence-corrected chi connectivity index (χ2v) is 5.26. The molecule has 1 fully saturated rings. The van der Waals surface area contributed by atoms with Crippen molar-refractivity contribution in [1.82, 2.24) is 5.32 Å². The number of benzene rings is 1. The van der Waals surface area contributed by atoms with Crippen molar-refractivity contribution in [2.24, 2.45) is 0 Å². The first-order chi connectivity index (χ1) is 10.3. The highest BCUT2D eigenvalue weighted by Gasteiger charge is 2.21. The van der Waals surface area contributed by atoms with Gasteiger partial charge in [0.25, 0.3) is 0 Å². The number of morpholine rings is 1. The Morgan fingerprint density at radius 3 is 3.10 bits per heavy atom. The molecule has 0 aromatic heterocycles. The average molecular weight is 289 g/mol. The van der Waals surface area contributed by atoms with E-state index in [-0.39, 0.29) is 12.7 Å². The Hall–Kier alpha value is -1.61. The van der Waals surface area contributed by atoms with Gasteiger partial charge in [-0.25, -0.2) is 0 Å². The normalized spacial score (nSPS) is 18.5. The van der Waals surface area contributed by atoms with E-state index in [4.69, 9.17) is 4.74 Å². The third-order valence-electron chi connectivity index (χ3n) is 3.62. The van der Waals surface area contributed by atoms with E-state index >= 15 is 0 Å². The molecule has 1 saturated heterocycles. The lowest BCUT2D eigenvalue weighted by atomic mass is 10.1. The summed E-state index contributed by atoms with van der Waals surface area (Å²) in [5, 5.41) is 22.0. The van der Waals surface area contributed by atoms with E-state index in [0.717, 1.165) is 37.3 Å². The zero-order chi connectivity index (χ0) is 15.1. The molecule has 0 amide bonds. The molecule has 0 spiro atoms. The van der Waals surface area contributed by atoms with Gasteiger partial charge in [0.15, 0.2) is 0 Å². The minimum Gasteiger partial charge on any atom is -0.394 e. The van der Waals surface area contributed by atoms with Gasteiger partial charge in [-0.05, 0) is 30.7 Å². The Balaban J connectivity index is 2.10. The maximum atomic E-state index is 9.39. The first-order valence-electron chi connectivity index (χ1n) is 7.49. The smallest absolute Gasteiger partial charge is 0.101 e. The number of rotatable bonds is 6. The van der Waals surface area contributed by atoms with Gasteiger partial charge in [0.05, 0.1) is 30.6 Å². The van der Waals surface area contributed by atoms with Crippen molar-refractivity contribution in [2.75, 3.05) is 37.7 Å². The predicted molar refractivity (Wildman–Crippen MR) is 82.2 cm³/mol. The number of ether oxygens (including phenoxy) is 1. The van der Waals surface area contributed by atoms with Gasteiger partial charge >= 0.3 is 0 Å². The first-order valence-corrected chi connectivity index (χ1v) is 7.49. The van der Waals surface area contributed by atoms with Crippen molar-refractivity contribution >= 4 is 5.69 Å². The molecule has 0 aliphatic carbocycles. The van der Waals surface area contributed by atoms with E-state index in [0.29, 0.717) is 18.7 Å². The maximum absolute atomic E-state index is 9.39. The topological polar surface area (TPSA) is 68.5 Å². The summed E-state index contributed by atoms with van der Waals surface area (Å²) >= 11 is 0. The number of aliphatic hydroxyl groups excluding tert-OH is 1. The number of hydrogen-bond acceptors (Lipinski definition) is 5. The zero-order valence-electron chi connectivity index (χ0n) is 12.5. The number of hydrogen-bond donors (Lipinski definition) is 2. The molecule has 1 atom stereocenters. The molecule has 1 aromatic carbocycles. The number of anilines is 1. The van der Waals surface area contributed by atoms with Crippen LogP contribution in [0.15, 0.2) is 18.2 Å². The zero-order valence-corrected chi connectivity index (χ0v) is 12.5. The predicted octanol–water partition coefficient (Wildman–Crippen LogP) is 1.26. The minimum absolute atomic E-state index is 0.0113. The van der Waals surface area contributed by atoms with Gasteiger partial charge in [-0.3, -0.25) is 0 Å². The minimum atomic E-state index is -0.170. The van der Waals surface area contributed by atoms with Crippen LogP contribution in [0.4, 0.5) is 5.69 Å². The fourth-order valence-corrected chi connectivity index (χ4v) is 2.52. The van der Waals surface area contributed by atoms with Gasteiger partial charge in [-0.1, -0.05) is 13.0 Å². The lowest BCUT2D eigenvalue weighted by Gasteiger charge is -2.34. The molecule has 1 aromatic rings. The van der Waals surface area contributed by atoms with Crippen LogP contribution in [0.5, 0.6) is 0 Å². The van der Waals surface area contributed by atoms with Crippen molar-refractivity contribution in [2.45, 2.75) is 26.0 Å². The molecule has 21 heavy (non-hydrogen) atoms. The van der Waals surface area contributed by atoms with Crippen LogP contribution in [0.25, 0.3) is 0 Å². The van der Waals surface area contributed by atoms with E-state index in [9.17, 15) is 10.4 Å². The van der Waals surface area contributed by atoms with E-state index in [1.807, 2.05) is 12.1 Å². The fourth-order valence-electron chi connectivity index (χ4n) is 2.52. The fraction of sp³-hybridized carbons (Fsp3) is 0.562. The molecule has 114 valence electrons. The Bertz CT molecular complexity index is 499. The summed E-state index contributed by atoms with van der Waals surface area (Å²) in [7, 11) is 0. The van der Waals surface area contributed by atoms with E-state index in [1.54, 1.807) is 0 Å². The SMILES string of the molecule is CCCNCc1ccc(N2CCOC(CO)C2)c(C#N)c1. The number of nitriles is 1. The molecule has 1 aliphatic rings. The number of nitrogens with one attached hydrogen (secondary N) is 1. The van der Waals surface area contributed by atoms with E-state index < -0.39 is 0 Å². The molecule has 0 bridgehead atoms. The first kappa shape index (κ1) is 15.8. The Morgan fingerprint density at radius 1 is 1.52 bits per heavy atom. The third kappa shape index (κ3) is 4.18. The quantitative estimate of drug-likeness (QED) is 0.772. The Labute approximate surface area is 126 Å². The second-order valence-electron chi connectivity index (χ2n) is 5.26. The van der Waals surface area contributed by atoms with Crippen LogP contribution in [0.1, 0.15) is 24.5 Å². The summed E-state index contributed by atoms with van der Waals surface area (Å²) in [5.74, 6) is 0. The monoisotopic (exact) mass is 289 g/mol. The Kier molecular flexibility index (Phi) is 6.00. The summed E-state index contributed by atoms with van der Waals surface area (Å²) in [6, 6.07) is 8.29. The highest BCUT2D eigenvalue weighted by atomic mass is 16.5. The lowest BCUT2D eigenvalue weighted by molar-refractivity contribution is 0.00355. The van der Waals surface area contributed by atoms with Crippen LogP contribution < -0.4 is 10.2 Å². The third-order valence-corrected chi connectivity index (χ3v) is 3.62. The number of nitrogens with zero attached hydrogens (tertiary/aromatic N) is 2. The Morgan fingerprint density at radius 2 is 2.38 bits per heavy atom. The van der Waals surface area contributed by atoms with Gasteiger partial charge in [0.2, 0.25) is 0 Å². The molecule has 1 aliphatic heterocycles. The highest BCUT2D eigenvalue weighted by Crippen LogP contribution is 2.23. The van der Waals surface area contributed by atoms with Crippen molar-refractivity contribution in [3.8, 4) is 6.07 Å². The maximum Gasteiger partial charge on any atom is 0.101 e. The second kappa shape index (κ2) is 7.99. The molecule has 5 nitrogen and oxygen atoms in total. The molecule has 2 N–H and O–H groups in total.